The van der Waals surface area contributed by atoms with Crippen molar-refractivity contribution >= 4 is 15.8 Å². The van der Waals surface area contributed by atoms with Crippen LogP contribution in [0.4, 0.5) is 5.82 Å². The second kappa shape index (κ2) is 6.27. The number of sulfonamides is 1. The molecule has 0 unspecified atom stereocenters. The molecule has 1 aromatic rings. The smallest absolute Gasteiger partial charge is 0.211 e. The van der Waals surface area contributed by atoms with E-state index in [4.69, 9.17) is 0 Å². The van der Waals surface area contributed by atoms with Crippen LogP contribution in [0.15, 0.2) is 6.20 Å². The molecule has 0 amide bonds. The van der Waals surface area contributed by atoms with E-state index in [9.17, 15) is 8.42 Å². The highest BCUT2D eigenvalue weighted by atomic mass is 32.2. The van der Waals surface area contributed by atoms with Gasteiger partial charge in [0, 0.05) is 31.9 Å². The van der Waals surface area contributed by atoms with Gasteiger partial charge in [0.1, 0.15) is 5.82 Å². The van der Waals surface area contributed by atoms with E-state index in [0.29, 0.717) is 6.54 Å². The van der Waals surface area contributed by atoms with Crippen LogP contribution < -0.4 is 4.90 Å². The predicted octanol–water partition coefficient (Wildman–Crippen LogP) is 1.34. The maximum Gasteiger partial charge on any atom is 0.211 e. The van der Waals surface area contributed by atoms with Crippen molar-refractivity contribution in [1.29, 1.82) is 0 Å². The lowest BCUT2D eigenvalue weighted by Gasteiger charge is -2.37. The molecule has 0 N–H and O–H groups in total. The number of piperidine rings is 1. The lowest BCUT2D eigenvalue weighted by Crippen LogP contribution is -2.47. The molecule has 0 spiro atoms. The van der Waals surface area contributed by atoms with E-state index in [1.54, 1.807) is 10.5 Å². The summed E-state index contributed by atoms with van der Waals surface area (Å²) in [5.74, 6) is 0.927. The van der Waals surface area contributed by atoms with E-state index in [-0.39, 0.29) is 6.04 Å². The molecule has 0 atom stereocenters. The lowest BCUT2D eigenvalue weighted by molar-refractivity contribution is 0.285. The Morgan fingerprint density at radius 1 is 1.33 bits per heavy atom. The molecule has 1 fully saturated rings. The largest absolute Gasteiger partial charge is 0.355 e. The second-order valence-corrected chi connectivity index (χ2v) is 7.54. The summed E-state index contributed by atoms with van der Waals surface area (Å²) in [6.45, 7) is 7.95. The molecular formula is C14H24N4O2S. The zero-order valence-electron chi connectivity index (χ0n) is 13.2. The summed E-state index contributed by atoms with van der Waals surface area (Å²) in [4.78, 5) is 11.1. The first-order valence-corrected chi connectivity index (χ1v) is 9.19. The van der Waals surface area contributed by atoms with Gasteiger partial charge in [0.15, 0.2) is 0 Å². The first kappa shape index (κ1) is 16.2. The third kappa shape index (κ3) is 3.71. The average molecular weight is 312 g/mol. The number of nitrogens with zero attached hydrogens (tertiary/aromatic N) is 4. The van der Waals surface area contributed by atoms with Gasteiger partial charge in [0.25, 0.3) is 0 Å². The van der Waals surface area contributed by atoms with E-state index >= 15 is 0 Å². The number of aryl methyl sites for hydroxylation is 2. The first-order chi connectivity index (χ1) is 9.82. The van der Waals surface area contributed by atoms with Crippen LogP contribution in [0, 0.1) is 13.8 Å². The monoisotopic (exact) mass is 312 g/mol. The number of aromatic nitrogens is 2. The van der Waals surface area contributed by atoms with Crippen molar-refractivity contribution in [2.24, 2.45) is 0 Å². The van der Waals surface area contributed by atoms with Gasteiger partial charge in [-0.3, -0.25) is 4.98 Å². The predicted molar refractivity (Wildman–Crippen MR) is 84.0 cm³/mol. The van der Waals surface area contributed by atoms with Gasteiger partial charge in [-0.05, 0) is 26.7 Å². The van der Waals surface area contributed by atoms with Crippen molar-refractivity contribution in [3.05, 3.63) is 17.6 Å². The van der Waals surface area contributed by atoms with Crippen molar-refractivity contribution < 1.29 is 8.42 Å². The number of anilines is 1. The van der Waals surface area contributed by atoms with E-state index in [2.05, 4.69) is 14.9 Å². The van der Waals surface area contributed by atoms with Gasteiger partial charge in [-0.1, -0.05) is 6.92 Å². The Balaban J connectivity index is 2.08. The molecule has 0 bridgehead atoms. The van der Waals surface area contributed by atoms with Crippen LogP contribution in [0.25, 0.3) is 0 Å². The van der Waals surface area contributed by atoms with Crippen LogP contribution in [0.3, 0.4) is 0 Å². The molecule has 6 nitrogen and oxygen atoms in total. The standard InChI is InChI=1S/C14H24N4O2S/c1-5-18(21(4,19)20)13-6-8-17(9-7-13)14-12(3)15-10-11(2)16-14/h10,13H,5-9H2,1-4H3. The summed E-state index contributed by atoms with van der Waals surface area (Å²) in [6.07, 6.45) is 4.72. The Bertz CT molecular complexity index is 595. The molecule has 118 valence electrons. The third-order valence-corrected chi connectivity index (χ3v) is 5.37. The summed E-state index contributed by atoms with van der Waals surface area (Å²) >= 11 is 0. The second-order valence-electron chi connectivity index (χ2n) is 5.60. The van der Waals surface area contributed by atoms with Gasteiger partial charge in [0.2, 0.25) is 10.0 Å². The van der Waals surface area contributed by atoms with Gasteiger partial charge in [0.05, 0.1) is 17.6 Å². The van der Waals surface area contributed by atoms with Crippen LogP contribution in [-0.2, 0) is 10.0 Å². The molecule has 7 heteroatoms. The Kier molecular flexibility index (Phi) is 4.83. The highest BCUT2D eigenvalue weighted by Crippen LogP contribution is 2.24. The maximum atomic E-state index is 11.8. The Morgan fingerprint density at radius 2 is 1.95 bits per heavy atom. The molecular weight excluding hydrogens is 288 g/mol. The minimum Gasteiger partial charge on any atom is -0.355 e. The zero-order valence-corrected chi connectivity index (χ0v) is 14.0. The molecule has 0 radical (unpaired) electrons. The van der Waals surface area contributed by atoms with Gasteiger partial charge in [-0.2, -0.15) is 4.31 Å². The molecule has 0 aliphatic carbocycles. The molecule has 0 aromatic carbocycles. The molecule has 21 heavy (non-hydrogen) atoms. The van der Waals surface area contributed by atoms with Crippen LogP contribution in [-0.4, -0.2) is 54.6 Å². The third-order valence-electron chi connectivity index (χ3n) is 3.96. The average Bonchev–Trinajstić information content (AvgIpc) is 2.42. The van der Waals surface area contributed by atoms with Crippen molar-refractivity contribution in [3.8, 4) is 0 Å². The van der Waals surface area contributed by atoms with Gasteiger partial charge in [-0.25, -0.2) is 13.4 Å². The highest BCUT2D eigenvalue weighted by molar-refractivity contribution is 7.88. The molecule has 1 aliphatic heterocycles. The molecule has 1 aliphatic rings. The number of hydrogen-bond acceptors (Lipinski definition) is 5. The zero-order chi connectivity index (χ0) is 15.6. The van der Waals surface area contributed by atoms with Crippen molar-refractivity contribution in [1.82, 2.24) is 14.3 Å². The summed E-state index contributed by atoms with van der Waals surface area (Å²) in [6, 6.07) is 0.0966. The number of rotatable bonds is 4. The molecule has 1 saturated heterocycles. The highest BCUT2D eigenvalue weighted by Gasteiger charge is 2.29. The number of hydrogen-bond donors (Lipinski definition) is 0. The first-order valence-electron chi connectivity index (χ1n) is 7.35. The van der Waals surface area contributed by atoms with Crippen LogP contribution in [0.1, 0.15) is 31.2 Å². The molecule has 2 heterocycles. The van der Waals surface area contributed by atoms with Gasteiger partial charge >= 0.3 is 0 Å². The van der Waals surface area contributed by atoms with E-state index in [1.165, 1.54) is 6.26 Å². The molecule has 0 saturated carbocycles. The Labute approximate surface area is 127 Å². The van der Waals surface area contributed by atoms with Crippen molar-refractivity contribution in [2.45, 2.75) is 39.7 Å². The normalized spacial score (nSPS) is 17.5. The SMILES string of the molecule is CCN(C1CCN(c2nc(C)cnc2C)CC1)S(C)(=O)=O. The fourth-order valence-electron chi connectivity index (χ4n) is 2.95. The molecule has 1 aromatic heterocycles. The van der Waals surface area contributed by atoms with Crippen LogP contribution in [0.5, 0.6) is 0 Å². The fraction of sp³-hybridized carbons (Fsp3) is 0.714. The van der Waals surface area contributed by atoms with E-state index in [1.807, 2.05) is 20.8 Å². The Hall–Kier alpha value is -1.21. The maximum absolute atomic E-state index is 11.8. The van der Waals surface area contributed by atoms with Crippen LogP contribution in [0.2, 0.25) is 0 Å². The van der Waals surface area contributed by atoms with Crippen molar-refractivity contribution in [3.63, 3.8) is 0 Å². The summed E-state index contributed by atoms with van der Waals surface area (Å²) in [7, 11) is -3.12. The molecule has 2 rings (SSSR count). The minimum absolute atomic E-state index is 0.0966. The quantitative estimate of drug-likeness (QED) is 0.839. The lowest BCUT2D eigenvalue weighted by atomic mass is 10.0. The van der Waals surface area contributed by atoms with Crippen molar-refractivity contribution in [2.75, 3.05) is 30.8 Å². The fourth-order valence-corrected chi connectivity index (χ4v) is 4.17. The minimum atomic E-state index is -3.12. The van der Waals surface area contributed by atoms with E-state index in [0.717, 1.165) is 43.1 Å². The van der Waals surface area contributed by atoms with Gasteiger partial charge in [-0.15, -0.1) is 0 Å². The summed E-state index contributed by atoms with van der Waals surface area (Å²) in [5, 5.41) is 0. The Morgan fingerprint density at radius 3 is 2.48 bits per heavy atom. The van der Waals surface area contributed by atoms with Gasteiger partial charge < -0.3 is 4.90 Å². The van der Waals surface area contributed by atoms with E-state index < -0.39 is 10.0 Å². The summed E-state index contributed by atoms with van der Waals surface area (Å²) < 4.78 is 25.2. The summed E-state index contributed by atoms with van der Waals surface area (Å²) in [5.41, 5.74) is 1.83. The van der Waals surface area contributed by atoms with Crippen LogP contribution >= 0.6 is 0 Å². The topological polar surface area (TPSA) is 66.4 Å².